The molecule has 0 aliphatic heterocycles. The first-order chi connectivity index (χ1) is 7.02. The summed E-state index contributed by atoms with van der Waals surface area (Å²) >= 11 is 0. The monoisotopic (exact) mass is 212 g/mol. The SMILES string of the molecule is CCC[C@H](N)C(=O)NCC1(C(C)C)CC1. The van der Waals surface area contributed by atoms with E-state index in [1.54, 1.807) is 0 Å². The minimum atomic E-state index is -0.321. The van der Waals surface area contributed by atoms with Gasteiger partial charge in [-0.2, -0.15) is 0 Å². The Morgan fingerprint density at radius 2 is 2.07 bits per heavy atom. The third-order valence-electron chi connectivity index (χ3n) is 3.67. The van der Waals surface area contributed by atoms with Gasteiger partial charge in [0.05, 0.1) is 6.04 Å². The largest absolute Gasteiger partial charge is 0.354 e. The summed E-state index contributed by atoms with van der Waals surface area (Å²) in [5.41, 5.74) is 6.12. The molecule has 0 aromatic rings. The van der Waals surface area contributed by atoms with Crippen molar-refractivity contribution in [2.75, 3.05) is 6.54 Å². The zero-order valence-electron chi connectivity index (χ0n) is 10.2. The van der Waals surface area contributed by atoms with Gasteiger partial charge in [0.2, 0.25) is 5.91 Å². The van der Waals surface area contributed by atoms with Crippen molar-refractivity contribution < 1.29 is 4.79 Å². The fourth-order valence-corrected chi connectivity index (χ4v) is 1.96. The summed E-state index contributed by atoms with van der Waals surface area (Å²) in [5.74, 6) is 0.670. The van der Waals surface area contributed by atoms with Crippen LogP contribution < -0.4 is 11.1 Å². The van der Waals surface area contributed by atoms with E-state index < -0.39 is 0 Å². The van der Waals surface area contributed by atoms with Crippen molar-refractivity contribution in [1.82, 2.24) is 5.32 Å². The number of nitrogens with one attached hydrogen (secondary N) is 1. The molecule has 0 radical (unpaired) electrons. The van der Waals surface area contributed by atoms with Crippen LogP contribution in [0.15, 0.2) is 0 Å². The van der Waals surface area contributed by atoms with Gasteiger partial charge in [0.25, 0.3) is 0 Å². The van der Waals surface area contributed by atoms with Crippen LogP contribution in [0.3, 0.4) is 0 Å². The molecule has 1 atom stereocenters. The van der Waals surface area contributed by atoms with E-state index in [0.717, 1.165) is 19.4 Å². The Labute approximate surface area is 92.8 Å². The molecule has 1 fully saturated rings. The van der Waals surface area contributed by atoms with Crippen LogP contribution in [-0.2, 0) is 4.79 Å². The molecule has 0 aromatic carbocycles. The van der Waals surface area contributed by atoms with Crippen molar-refractivity contribution >= 4 is 5.91 Å². The third kappa shape index (κ3) is 3.20. The molecule has 1 saturated carbocycles. The molecule has 0 saturated heterocycles. The average molecular weight is 212 g/mol. The number of hydrogen-bond acceptors (Lipinski definition) is 2. The van der Waals surface area contributed by atoms with Crippen LogP contribution in [0.4, 0.5) is 0 Å². The molecule has 88 valence electrons. The first-order valence-electron chi connectivity index (χ1n) is 6.05. The second-order valence-corrected chi connectivity index (χ2v) is 5.13. The van der Waals surface area contributed by atoms with Crippen molar-refractivity contribution in [1.29, 1.82) is 0 Å². The highest BCUT2D eigenvalue weighted by Gasteiger charge is 2.45. The van der Waals surface area contributed by atoms with Crippen LogP contribution >= 0.6 is 0 Å². The van der Waals surface area contributed by atoms with E-state index in [1.165, 1.54) is 12.8 Å². The molecule has 3 heteroatoms. The molecule has 0 unspecified atom stereocenters. The van der Waals surface area contributed by atoms with E-state index in [-0.39, 0.29) is 11.9 Å². The van der Waals surface area contributed by atoms with E-state index in [4.69, 9.17) is 5.73 Å². The predicted octanol–water partition coefficient (Wildman–Crippen LogP) is 1.67. The molecule has 3 nitrogen and oxygen atoms in total. The van der Waals surface area contributed by atoms with Crippen molar-refractivity contribution in [3.63, 3.8) is 0 Å². The van der Waals surface area contributed by atoms with Gasteiger partial charge in [0, 0.05) is 6.54 Å². The maximum atomic E-state index is 11.6. The standard InChI is InChI=1S/C12H24N2O/c1-4-5-10(13)11(15)14-8-12(6-7-12)9(2)3/h9-10H,4-8,13H2,1-3H3,(H,14,15)/t10-/m0/s1. The van der Waals surface area contributed by atoms with Crippen molar-refractivity contribution in [2.45, 2.75) is 52.5 Å². The van der Waals surface area contributed by atoms with Gasteiger partial charge in [-0.05, 0) is 30.6 Å². The minimum absolute atomic E-state index is 0.0174. The molecule has 1 aliphatic carbocycles. The van der Waals surface area contributed by atoms with Crippen LogP contribution in [-0.4, -0.2) is 18.5 Å². The van der Waals surface area contributed by atoms with Crippen LogP contribution in [0.1, 0.15) is 46.5 Å². The van der Waals surface area contributed by atoms with E-state index in [2.05, 4.69) is 19.2 Å². The van der Waals surface area contributed by atoms with Gasteiger partial charge in [-0.1, -0.05) is 27.2 Å². The summed E-state index contributed by atoms with van der Waals surface area (Å²) < 4.78 is 0. The summed E-state index contributed by atoms with van der Waals surface area (Å²) in [4.78, 5) is 11.6. The second-order valence-electron chi connectivity index (χ2n) is 5.13. The molecule has 15 heavy (non-hydrogen) atoms. The van der Waals surface area contributed by atoms with Crippen LogP contribution in [0.25, 0.3) is 0 Å². The molecule has 1 amide bonds. The van der Waals surface area contributed by atoms with Crippen molar-refractivity contribution in [3.05, 3.63) is 0 Å². The van der Waals surface area contributed by atoms with Gasteiger partial charge in [-0.3, -0.25) is 4.79 Å². The van der Waals surface area contributed by atoms with Crippen LogP contribution in [0.2, 0.25) is 0 Å². The van der Waals surface area contributed by atoms with Gasteiger partial charge in [-0.25, -0.2) is 0 Å². The van der Waals surface area contributed by atoms with Crippen molar-refractivity contribution in [3.8, 4) is 0 Å². The summed E-state index contributed by atoms with van der Waals surface area (Å²) in [5, 5.41) is 2.99. The van der Waals surface area contributed by atoms with E-state index >= 15 is 0 Å². The Bertz CT molecular complexity index is 222. The van der Waals surface area contributed by atoms with Crippen LogP contribution in [0.5, 0.6) is 0 Å². The maximum Gasteiger partial charge on any atom is 0.236 e. The number of amides is 1. The highest BCUT2D eigenvalue weighted by molar-refractivity contribution is 5.81. The zero-order valence-corrected chi connectivity index (χ0v) is 10.2. The van der Waals surface area contributed by atoms with Gasteiger partial charge >= 0.3 is 0 Å². The Hall–Kier alpha value is -0.570. The highest BCUT2D eigenvalue weighted by atomic mass is 16.2. The molecular weight excluding hydrogens is 188 g/mol. The third-order valence-corrected chi connectivity index (χ3v) is 3.67. The van der Waals surface area contributed by atoms with E-state index in [1.807, 2.05) is 6.92 Å². The smallest absolute Gasteiger partial charge is 0.236 e. The van der Waals surface area contributed by atoms with Crippen molar-refractivity contribution in [2.24, 2.45) is 17.1 Å². The Kier molecular flexibility index (Phi) is 4.14. The number of carbonyl (C=O) groups excluding carboxylic acids is 1. The average Bonchev–Trinajstić information content (AvgIpc) is 2.95. The molecule has 3 N–H and O–H groups in total. The second kappa shape index (κ2) is 4.97. The Balaban J connectivity index is 2.28. The number of carbonyl (C=O) groups is 1. The quantitative estimate of drug-likeness (QED) is 0.703. The lowest BCUT2D eigenvalue weighted by molar-refractivity contribution is -0.122. The molecule has 1 aliphatic rings. The number of hydrogen-bond donors (Lipinski definition) is 2. The highest BCUT2D eigenvalue weighted by Crippen LogP contribution is 2.51. The normalized spacial score (nSPS) is 20.1. The first kappa shape index (κ1) is 12.5. The molecule has 0 heterocycles. The summed E-state index contributed by atoms with van der Waals surface area (Å²) in [6, 6.07) is -0.321. The summed E-state index contributed by atoms with van der Waals surface area (Å²) in [6.07, 6.45) is 4.23. The Morgan fingerprint density at radius 1 is 1.47 bits per heavy atom. The van der Waals surface area contributed by atoms with Gasteiger partial charge < -0.3 is 11.1 Å². The fraction of sp³-hybridized carbons (Fsp3) is 0.917. The topological polar surface area (TPSA) is 55.1 Å². The first-order valence-corrected chi connectivity index (χ1v) is 6.05. The lowest BCUT2D eigenvalue weighted by Crippen LogP contribution is -2.43. The lowest BCUT2D eigenvalue weighted by Gasteiger charge is -2.21. The summed E-state index contributed by atoms with van der Waals surface area (Å²) in [6.45, 7) is 7.31. The molecule has 0 spiro atoms. The predicted molar refractivity (Wildman–Crippen MR) is 62.4 cm³/mol. The zero-order chi connectivity index (χ0) is 11.5. The molecular formula is C12H24N2O. The molecule has 0 bridgehead atoms. The van der Waals surface area contributed by atoms with Crippen LogP contribution in [0, 0.1) is 11.3 Å². The minimum Gasteiger partial charge on any atom is -0.354 e. The summed E-state index contributed by atoms with van der Waals surface area (Å²) in [7, 11) is 0. The van der Waals surface area contributed by atoms with Gasteiger partial charge in [0.1, 0.15) is 0 Å². The van der Waals surface area contributed by atoms with E-state index in [9.17, 15) is 4.79 Å². The lowest BCUT2D eigenvalue weighted by atomic mass is 9.92. The molecule has 0 aromatic heterocycles. The van der Waals surface area contributed by atoms with E-state index in [0.29, 0.717) is 11.3 Å². The van der Waals surface area contributed by atoms with Gasteiger partial charge in [0.15, 0.2) is 0 Å². The Morgan fingerprint density at radius 3 is 2.47 bits per heavy atom. The molecule has 1 rings (SSSR count). The maximum absolute atomic E-state index is 11.6. The van der Waals surface area contributed by atoms with Gasteiger partial charge in [-0.15, -0.1) is 0 Å². The fourth-order valence-electron chi connectivity index (χ4n) is 1.96. The number of nitrogens with two attached hydrogens (primary N) is 1. The number of rotatable bonds is 6.